The van der Waals surface area contributed by atoms with Gasteiger partial charge in [-0.25, -0.2) is 4.39 Å². The molecule has 148 valence electrons. The summed E-state index contributed by atoms with van der Waals surface area (Å²) in [6.07, 6.45) is 0. The first-order valence-electron chi connectivity index (χ1n) is 8.40. The smallest absolute Gasteiger partial charge is 0.387 e. The molecule has 0 amide bonds. The van der Waals surface area contributed by atoms with Gasteiger partial charge in [0.15, 0.2) is 6.61 Å². The topological polar surface area (TPSA) is 60.6 Å². The van der Waals surface area contributed by atoms with Crippen LogP contribution in [0, 0.1) is 5.82 Å². The minimum Gasteiger partial charge on any atom is -0.485 e. The Bertz CT molecular complexity index is 870. The summed E-state index contributed by atoms with van der Waals surface area (Å²) in [6.45, 7) is -1.78. The van der Waals surface area contributed by atoms with E-state index in [1.165, 1.54) is 36.4 Å². The number of benzene rings is 2. The third kappa shape index (κ3) is 5.98. The van der Waals surface area contributed by atoms with Crippen LogP contribution in [0.1, 0.15) is 17.3 Å². The fraction of sp³-hybridized carbons (Fsp3) is 0.263. The van der Waals surface area contributed by atoms with E-state index in [4.69, 9.17) is 9.26 Å². The molecule has 9 heteroatoms. The zero-order chi connectivity index (χ0) is 19.9. The Labute approximate surface area is 159 Å². The predicted octanol–water partition coefficient (Wildman–Crippen LogP) is 4.02. The Morgan fingerprint density at radius 1 is 1.00 bits per heavy atom. The van der Waals surface area contributed by atoms with Crippen LogP contribution in [0.15, 0.2) is 53.1 Å². The highest BCUT2D eigenvalue weighted by atomic mass is 19.3. The van der Waals surface area contributed by atoms with Crippen molar-refractivity contribution in [1.29, 1.82) is 0 Å². The first-order chi connectivity index (χ1) is 13.5. The molecule has 3 aromatic rings. The highest BCUT2D eigenvalue weighted by Gasteiger charge is 2.11. The zero-order valence-electron chi connectivity index (χ0n) is 15.0. The molecule has 3 rings (SSSR count). The van der Waals surface area contributed by atoms with Gasteiger partial charge in [-0.15, -0.1) is 0 Å². The molecule has 6 nitrogen and oxygen atoms in total. The number of ether oxygens (including phenoxy) is 2. The van der Waals surface area contributed by atoms with Crippen LogP contribution in [0.4, 0.5) is 13.2 Å². The number of hydrogen-bond acceptors (Lipinski definition) is 6. The Morgan fingerprint density at radius 3 is 2.36 bits per heavy atom. The van der Waals surface area contributed by atoms with Crippen molar-refractivity contribution in [1.82, 2.24) is 15.0 Å². The molecule has 0 aliphatic rings. The minimum absolute atomic E-state index is 0.102. The molecule has 0 bridgehead atoms. The number of hydrogen-bond donors (Lipinski definition) is 0. The van der Waals surface area contributed by atoms with Crippen molar-refractivity contribution in [2.24, 2.45) is 0 Å². The Kier molecular flexibility index (Phi) is 6.49. The summed E-state index contributed by atoms with van der Waals surface area (Å²) in [7, 11) is 1.86. The fourth-order valence-corrected chi connectivity index (χ4v) is 2.47. The van der Waals surface area contributed by atoms with Crippen LogP contribution in [-0.4, -0.2) is 28.7 Å². The Hall–Kier alpha value is -3.07. The Balaban J connectivity index is 1.48. The molecular weight excluding hydrogens is 375 g/mol. The lowest BCUT2D eigenvalue weighted by atomic mass is 10.2. The second-order valence-electron chi connectivity index (χ2n) is 6.04. The van der Waals surface area contributed by atoms with E-state index < -0.39 is 6.61 Å². The maximum absolute atomic E-state index is 12.9. The van der Waals surface area contributed by atoms with Gasteiger partial charge in [-0.05, 0) is 49.0 Å². The van der Waals surface area contributed by atoms with Crippen LogP contribution in [0.25, 0.3) is 0 Å². The molecule has 0 aliphatic carbocycles. The maximum Gasteiger partial charge on any atom is 0.387 e. The van der Waals surface area contributed by atoms with Crippen LogP contribution in [0.3, 0.4) is 0 Å². The highest BCUT2D eigenvalue weighted by molar-refractivity contribution is 5.27. The molecule has 0 saturated heterocycles. The van der Waals surface area contributed by atoms with Gasteiger partial charge >= 0.3 is 6.61 Å². The van der Waals surface area contributed by atoms with Gasteiger partial charge in [-0.2, -0.15) is 13.8 Å². The van der Waals surface area contributed by atoms with Crippen molar-refractivity contribution < 1.29 is 27.2 Å². The highest BCUT2D eigenvalue weighted by Crippen LogP contribution is 2.16. The van der Waals surface area contributed by atoms with E-state index in [2.05, 4.69) is 14.9 Å². The molecule has 0 spiro atoms. The number of nitrogens with zero attached hydrogens (tertiary/aromatic N) is 3. The molecule has 1 aromatic heterocycles. The summed E-state index contributed by atoms with van der Waals surface area (Å²) in [5.74, 6) is 1.07. The van der Waals surface area contributed by atoms with Gasteiger partial charge in [-0.1, -0.05) is 17.3 Å². The van der Waals surface area contributed by atoms with Crippen molar-refractivity contribution in [3.63, 3.8) is 0 Å². The van der Waals surface area contributed by atoms with Crippen LogP contribution in [0.5, 0.6) is 11.5 Å². The first kappa shape index (κ1) is 19.7. The molecule has 28 heavy (non-hydrogen) atoms. The van der Waals surface area contributed by atoms with E-state index in [-0.39, 0.29) is 18.2 Å². The van der Waals surface area contributed by atoms with Crippen LogP contribution in [-0.2, 0) is 19.7 Å². The molecule has 0 fully saturated rings. The summed E-state index contributed by atoms with van der Waals surface area (Å²) >= 11 is 0. The van der Waals surface area contributed by atoms with Crippen LogP contribution >= 0.6 is 0 Å². The van der Waals surface area contributed by atoms with Gasteiger partial charge in [0.05, 0.1) is 6.54 Å². The van der Waals surface area contributed by atoms with Crippen molar-refractivity contribution in [2.45, 2.75) is 26.3 Å². The average Bonchev–Trinajstić information content (AvgIpc) is 3.09. The lowest BCUT2D eigenvalue weighted by molar-refractivity contribution is -0.0498. The van der Waals surface area contributed by atoms with Gasteiger partial charge in [0, 0.05) is 6.54 Å². The summed E-state index contributed by atoms with van der Waals surface area (Å²) in [4.78, 5) is 6.18. The molecule has 1 heterocycles. The van der Waals surface area contributed by atoms with E-state index in [0.717, 1.165) is 5.56 Å². The molecule has 0 aliphatic heterocycles. The van der Waals surface area contributed by atoms with Gasteiger partial charge in [0.25, 0.3) is 0 Å². The molecule has 0 unspecified atom stereocenters. The summed E-state index contributed by atoms with van der Waals surface area (Å²) in [5.41, 5.74) is 0.920. The third-order valence-corrected chi connectivity index (χ3v) is 3.70. The SMILES string of the molecule is CN(Cc1ccc(OC(F)F)cc1)Cc1nc(COc2ccc(F)cc2)no1. The standard InChI is InChI=1S/C19H18F3N3O3/c1-25(10-13-2-6-16(7-3-13)27-19(21)22)11-18-23-17(24-28-18)12-26-15-8-4-14(20)5-9-15/h2-9,19H,10-12H2,1H3. The number of alkyl halides is 2. The molecule has 0 atom stereocenters. The quantitative estimate of drug-likeness (QED) is 0.547. The summed E-state index contributed by atoms with van der Waals surface area (Å²) in [6, 6.07) is 12.0. The van der Waals surface area contributed by atoms with E-state index in [1.54, 1.807) is 12.1 Å². The largest absolute Gasteiger partial charge is 0.485 e. The van der Waals surface area contributed by atoms with E-state index in [0.29, 0.717) is 30.6 Å². The first-order valence-corrected chi connectivity index (χ1v) is 8.40. The number of halogens is 3. The molecule has 0 radical (unpaired) electrons. The Morgan fingerprint density at radius 2 is 1.68 bits per heavy atom. The van der Waals surface area contributed by atoms with Gasteiger partial charge < -0.3 is 14.0 Å². The summed E-state index contributed by atoms with van der Waals surface area (Å²) < 4.78 is 52.2. The molecular formula is C19H18F3N3O3. The molecule has 0 saturated carbocycles. The van der Waals surface area contributed by atoms with Crippen LogP contribution in [0.2, 0.25) is 0 Å². The lowest BCUT2D eigenvalue weighted by Crippen LogP contribution is -2.17. The van der Waals surface area contributed by atoms with Crippen molar-refractivity contribution >= 4 is 0 Å². The second-order valence-corrected chi connectivity index (χ2v) is 6.04. The van der Waals surface area contributed by atoms with E-state index in [9.17, 15) is 13.2 Å². The average molecular weight is 393 g/mol. The van der Waals surface area contributed by atoms with Crippen molar-refractivity contribution in [2.75, 3.05) is 7.05 Å². The van der Waals surface area contributed by atoms with Gasteiger partial charge in [-0.3, -0.25) is 4.90 Å². The van der Waals surface area contributed by atoms with Crippen molar-refractivity contribution in [3.05, 3.63) is 71.6 Å². The monoisotopic (exact) mass is 393 g/mol. The van der Waals surface area contributed by atoms with Gasteiger partial charge in [0.1, 0.15) is 17.3 Å². The van der Waals surface area contributed by atoms with E-state index in [1.807, 2.05) is 11.9 Å². The predicted molar refractivity (Wildman–Crippen MR) is 93.3 cm³/mol. The maximum atomic E-state index is 12.9. The summed E-state index contributed by atoms with van der Waals surface area (Å²) in [5, 5.41) is 3.85. The van der Waals surface area contributed by atoms with Crippen molar-refractivity contribution in [3.8, 4) is 11.5 Å². The van der Waals surface area contributed by atoms with Crippen LogP contribution < -0.4 is 9.47 Å². The number of aromatic nitrogens is 2. The number of rotatable bonds is 9. The molecule has 2 aromatic carbocycles. The third-order valence-electron chi connectivity index (χ3n) is 3.70. The minimum atomic E-state index is -2.84. The van der Waals surface area contributed by atoms with Gasteiger partial charge in [0.2, 0.25) is 11.7 Å². The second kappa shape index (κ2) is 9.23. The van der Waals surface area contributed by atoms with E-state index >= 15 is 0 Å². The molecule has 0 N–H and O–H groups in total. The normalized spacial score (nSPS) is 11.2. The lowest BCUT2D eigenvalue weighted by Gasteiger charge is -2.14. The fourth-order valence-electron chi connectivity index (χ4n) is 2.47. The zero-order valence-corrected chi connectivity index (χ0v) is 15.0.